The standard InChI is InChI=1S/C12H14ClNO4/c1-18-8-11(15)14(7-6-12(16)17)10-5-3-2-4-9(10)13/h2-5H,6-8H2,1H3,(H,16,17). The minimum Gasteiger partial charge on any atom is -0.481 e. The fraction of sp³-hybridized carbons (Fsp3) is 0.333. The van der Waals surface area contributed by atoms with Crippen LogP contribution < -0.4 is 4.90 Å². The van der Waals surface area contributed by atoms with Gasteiger partial charge < -0.3 is 14.7 Å². The van der Waals surface area contributed by atoms with E-state index in [-0.39, 0.29) is 25.5 Å². The second-order valence-electron chi connectivity index (χ2n) is 3.57. The molecule has 0 heterocycles. The molecular formula is C12H14ClNO4. The number of rotatable bonds is 6. The summed E-state index contributed by atoms with van der Waals surface area (Å²) in [6.45, 7) is -0.0634. The van der Waals surface area contributed by atoms with E-state index in [0.29, 0.717) is 10.7 Å². The third-order valence-electron chi connectivity index (χ3n) is 2.26. The zero-order valence-electron chi connectivity index (χ0n) is 9.93. The molecule has 98 valence electrons. The summed E-state index contributed by atoms with van der Waals surface area (Å²) in [5.74, 6) is -1.30. The van der Waals surface area contributed by atoms with Crippen molar-refractivity contribution in [2.75, 3.05) is 25.2 Å². The Morgan fingerprint density at radius 3 is 2.61 bits per heavy atom. The number of halogens is 1. The number of nitrogens with zero attached hydrogens (tertiary/aromatic N) is 1. The average Bonchev–Trinajstić information content (AvgIpc) is 2.31. The number of aliphatic carboxylic acids is 1. The number of ether oxygens (including phenoxy) is 1. The normalized spacial score (nSPS) is 10.1. The van der Waals surface area contributed by atoms with Gasteiger partial charge in [0.1, 0.15) is 6.61 Å². The van der Waals surface area contributed by atoms with Crippen LogP contribution in [0, 0.1) is 0 Å². The number of para-hydroxylation sites is 1. The van der Waals surface area contributed by atoms with Gasteiger partial charge in [-0.2, -0.15) is 0 Å². The average molecular weight is 272 g/mol. The molecule has 0 aliphatic rings. The fourth-order valence-corrected chi connectivity index (χ4v) is 1.70. The number of methoxy groups -OCH3 is 1. The third-order valence-corrected chi connectivity index (χ3v) is 2.58. The maximum absolute atomic E-state index is 11.9. The number of amides is 1. The molecular weight excluding hydrogens is 258 g/mol. The van der Waals surface area contributed by atoms with Crippen LogP contribution in [-0.2, 0) is 14.3 Å². The van der Waals surface area contributed by atoms with Crippen LogP contribution in [0.2, 0.25) is 5.02 Å². The fourth-order valence-electron chi connectivity index (χ4n) is 1.46. The number of hydrogen-bond donors (Lipinski definition) is 1. The summed E-state index contributed by atoms with van der Waals surface area (Å²) in [5.41, 5.74) is 0.488. The monoisotopic (exact) mass is 271 g/mol. The van der Waals surface area contributed by atoms with Crippen LogP contribution in [0.1, 0.15) is 6.42 Å². The Labute approximate surface area is 110 Å². The van der Waals surface area contributed by atoms with E-state index in [1.54, 1.807) is 24.3 Å². The van der Waals surface area contributed by atoms with Gasteiger partial charge in [-0.15, -0.1) is 0 Å². The molecule has 1 aromatic rings. The van der Waals surface area contributed by atoms with E-state index in [1.165, 1.54) is 12.0 Å². The first kappa shape index (κ1) is 14.5. The quantitative estimate of drug-likeness (QED) is 0.857. The SMILES string of the molecule is COCC(=O)N(CCC(=O)O)c1ccccc1Cl. The summed E-state index contributed by atoms with van der Waals surface area (Å²) >= 11 is 6.00. The molecule has 0 bridgehead atoms. The van der Waals surface area contributed by atoms with Crippen molar-refractivity contribution < 1.29 is 19.4 Å². The van der Waals surface area contributed by atoms with Gasteiger partial charge in [-0.1, -0.05) is 23.7 Å². The number of hydrogen-bond acceptors (Lipinski definition) is 3. The molecule has 0 unspecified atom stereocenters. The van der Waals surface area contributed by atoms with Crippen LogP contribution in [0.4, 0.5) is 5.69 Å². The highest BCUT2D eigenvalue weighted by Gasteiger charge is 2.18. The van der Waals surface area contributed by atoms with Crippen molar-refractivity contribution in [3.05, 3.63) is 29.3 Å². The van der Waals surface area contributed by atoms with E-state index in [1.807, 2.05) is 0 Å². The molecule has 6 heteroatoms. The zero-order chi connectivity index (χ0) is 13.5. The molecule has 1 aromatic carbocycles. The van der Waals surface area contributed by atoms with Crippen LogP contribution in [0.25, 0.3) is 0 Å². The van der Waals surface area contributed by atoms with Crippen molar-refractivity contribution >= 4 is 29.2 Å². The van der Waals surface area contributed by atoms with Gasteiger partial charge in [-0.3, -0.25) is 9.59 Å². The Hall–Kier alpha value is -1.59. The highest BCUT2D eigenvalue weighted by Crippen LogP contribution is 2.25. The molecule has 1 N–H and O–H groups in total. The van der Waals surface area contributed by atoms with Gasteiger partial charge in [-0.05, 0) is 12.1 Å². The summed E-state index contributed by atoms with van der Waals surface area (Å²) in [4.78, 5) is 23.8. The topological polar surface area (TPSA) is 66.8 Å². The maximum Gasteiger partial charge on any atom is 0.305 e. The molecule has 0 fully saturated rings. The van der Waals surface area contributed by atoms with Crippen molar-refractivity contribution in [3.8, 4) is 0 Å². The summed E-state index contributed by atoms with van der Waals surface area (Å²) in [6, 6.07) is 6.78. The molecule has 0 radical (unpaired) electrons. The largest absolute Gasteiger partial charge is 0.481 e. The molecule has 1 amide bonds. The van der Waals surface area contributed by atoms with Crippen molar-refractivity contribution in [3.63, 3.8) is 0 Å². The number of anilines is 1. The lowest BCUT2D eigenvalue weighted by atomic mass is 10.2. The van der Waals surface area contributed by atoms with E-state index in [4.69, 9.17) is 21.4 Å². The maximum atomic E-state index is 11.9. The molecule has 0 saturated carbocycles. The number of carboxylic acids is 1. The third kappa shape index (κ3) is 4.01. The van der Waals surface area contributed by atoms with Gasteiger partial charge in [0.25, 0.3) is 5.91 Å². The van der Waals surface area contributed by atoms with E-state index in [0.717, 1.165) is 0 Å². The van der Waals surface area contributed by atoms with Crippen LogP contribution in [0.3, 0.4) is 0 Å². The number of carboxylic acid groups (broad SMARTS) is 1. The van der Waals surface area contributed by atoms with Crippen molar-refractivity contribution in [1.82, 2.24) is 0 Å². The highest BCUT2D eigenvalue weighted by atomic mass is 35.5. The zero-order valence-corrected chi connectivity index (χ0v) is 10.7. The molecule has 0 saturated heterocycles. The molecule has 0 aromatic heterocycles. The van der Waals surface area contributed by atoms with Crippen LogP contribution in [0.15, 0.2) is 24.3 Å². The number of carbonyl (C=O) groups is 2. The van der Waals surface area contributed by atoms with Gasteiger partial charge in [0.05, 0.1) is 17.1 Å². The van der Waals surface area contributed by atoms with Crippen molar-refractivity contribution in [2.24, 2.45) is 0 Å². The number of carbonyl (C=O) groups excluding carboxylic acids is 1. The number of benzene rings is 1. The van der Waals surface area contributed by atoms with Crippen LogP contribution in [0.5, 0.6) is 0 Å². The van der Waals surface area contributed by atoms with Crippen LogP contribution >= 0.6 is 11.6 Å². The predicted octanol–water partition coefficient (Wildman–Crippen LogP) is 1.79. The van der Waals surface area contributed by atoms with Gasteiger partial charge in [0.2, 0.25) is 0 Å². The first-order valence-corrected chi connectivity index (χ1v) is 5.69. The van der Waals surface area contributed by atoms with E-state index in [9.17, 15) is 9.59 Å². The summed E-state index contributed by atoms with van der Waals surface area (Å²) < 4.78 is 4.77. The van der Waals surface area contributed by atoms with Gasteiger partial charge in [0.15, 0.2) is 0 Å². The second kappa shape index (κ2) is 6.98. The van der Waals surface area contributed by atoms with Crippen molar-refractivity contribution in [1.29, 1.82) is 0 Å². The van der Waals surface area contributed by atoms with Crippen LogP contribution in [-0.4, -0.2) is 37.2 Å². The molecule has 5 nitrogen and oxygen atoms in total. The molecule has 0 atom stereocenters. The predicted molar refractivity (Wildman–Crippen MR) is 67.9 cm³/mol. The summed E-state index contributed by atoms with van der Waals surface area (Å²) in [5, 5.41) is 9.08. The lowest BCUT2D eigenvalue weighted by Gasteiger charge is -2.22. The lowest BCUT2D eigenvalue weighted by molar-refractivity contribution is -0.136. The summed E-state index contributed by atoms with van der Waals surface area (Å²) in [7, 11) is 1.40. The van der Waals surface area contributed by atoms with Gasteiger partial charge >= 0.3 is 5.97 Å². The molecule has 0 spiro atoms. The molecule has 1 rings (SSSR count). The smallest absolute Gasteiger partial charge is 0.305 e. The van der Waals surface area contributed by atoms with Gasteiger partial charge in [0, 0.05) is 13.7 Å². The minimum absolute atomic E-state index is 0.0568. The second-order valence-corrected chi connectivity index (χ2v) is 3.98. The minimum atomic E-state index is -0.975. The molecule has 18 heavy (non-hydrogen) atoms. The Morgan fingerprint density at radius 2 is 2.06 bits per heavy atom. The first-order valence-electron chi connectivity index (χ1n) is 5.32. The van der Waals surface area contributed by atoms with E-state index >= 15 is 0 Å². The Morgan fingerprint density at radius 1 is 1.39 bits per heavy atom. The Bertz CT molecular complexity index is 436. The van der Waals surface area contributed by atoms with E-state index in [2.05, 4.69) is 0 Å². The Kier molecular flexibility index (Phi) is 5.61. The molecule has 0 aliphatic carbocycles. The molecule has 0 aliphatic heterocycles. The summed E-state index contributed by atoms with van der Waals surface area (Å²) in [6.07, 6.45) is -0.152. The van der Waals surface area contributed by atoms with E-state index < -0.39 is 5.97 Å². The van der Waals surface area contributed by atoms with Gasteiger partial charge in [-0.25, -0.2) is 0 Å². The van der Waals surface area contributed by atoms with Crippen molar-refractivity contribution in [2.45, 2.75) is 6.42 Å². The lowest BCUT2D eigenvalue weighted by Crippen LogP contribution is -2.35. The highest BCUT2D eigenvalue weighted by molar-refractivity contribution is 6.33. The Balaban J connectivity index is 2.93. The first-order chi connectivity index (χ1) is 8.56.